The second kappa shape index (κ2) is 11.5. The minimum absolute atomic E-state index is 0.204. The highest BCUT2D eigenvalue weighted by atomic mass is 32.1. The highest BCUT2D eigenvalue weighted by molar-refractivity contribution is 7.71. The number of hydrogen-bond acceptors (Lipinski definition) is 4. The van der Waals surface area contributed by atoms with Crippen molar-refractivity contribution in [2.24, 2.45) is 0 Å². The number of aromatic nitrogens is 3. The summed E-state index contributed by atoms with van der Waals surface area (Å²) in [6.45, 7) is 11.4. The zero-order valence-corrected chi connectivity index (χ0v) is 21.4. The Morgan fingerprint density at radius 3 is 2.55 bits per heavy atom. The molecule has 1 aromatic heterocycles. The number of ether oxygens (including phenoxy) is 1. The molecule has 0 aliphatic rings. The van der Waals surface area contributed by atoms with E-state index in [9.17, 15) is 5.11 Å². The highest BCUT2D eigenvalue weighted by Crippen LogP contribution is 2.35. The van der Waals surface area contributed by atoms with Crippen LogP contribution in [0, 0.1) is 11.7 Å². The number of unbranched alkanes of at least 4 members (excludes halogenated alkanes) is 3. The molecular weight excluding hydrogens is 430 g/mol. The highest BCUT2D eigenvalue weighted by Gasteiger charge is 2.18. The molecule has 0 saturated carbocycles. The van der Waals surface area contributed by atoms with Crippen molar-refractivity contribution in [3.8, 4) is 28.6 Å². The maximum atomic E-state index is 10.8. The number of benzene rings is 2. The van der Waals surface area contributed by atoms with Gasteiger partial charge in [-0.2, -0.15) is 5.10 Å². The van der Waals surface area contributed by atoms with Crippen LogP contribution in [0.3, 0.4) is 0 Å². The second-order valence-corrected chi connectivity index (χ2v) is 9.41. The van der Waals surface area contributed by atoms with Gasteiger partial charge in [0, 0.05) is 0 Å². The van der Waals surface area contributed by atoms with E-state index in [1.54, 1.807) is 0 Å². The fourth-order valence-corrected chi connectivity index (χ4v) is 4.40. The lowest BCUT2D eigenvalue weighted by Gasteiger charge is -2.16. The molecule has 0 aliphatic carbocycles. The SMILES string of the molecule is CCCCCc1cc(-n2c(-c3cc(C(C)C)c(C)cc3O)n[nH]c2=S)ccc1OCCCC. The number of aryl methyl sites for hydroxylation is 2. The summed E-state index contributed by atoms with van der Waals surface area (Å²) in [6, 6.07) is 10.1. The van der Waals surface area contributed by atoms with E-state index in [4.69, 9.17) is 17.0 Å². The predicted octanol–water partition coefficient (Wildman–Crippen LogP) is 7.65. The number of H-pyrrole nitrogens is 1. The Bertz CT molecular complexity index is 1130. The number of hydrogen-bond donors (Lipinski definition) is 2. The van der Waals surface area contributed by atoms with Crippen molar-refractivity contribution in [3.05, 3.63) is 51.8 Å². The molecule has 6 heteroatoms. The van der Waals surface area contributed by atoms with E-state index >= 15 is 0 Å². The minimum atomic E-state index is 0.204. The maximum absolute atomic E-state index is 10.8. The predicted molar refractivity (Wildman–Crippen MR) is 138 cm³/mol. The monoisotopic (exact) mass is 467 g/mol. The standard InChI is InChI=1S/C27H37N3O2S/c1-6-8-10-11-20-16-21(12-13-25(20)32-14-9-7-2)30-26(28-29-27(30)33)23-17-22(18(3)4)19(5)15-24(23)31/h12-13,15-18,31H,6-11,14H2,1-5H3,(H,29,33). The van der Waals surface area contributed by atoms with Crippen molar-refractivity contribution in [2.75, 3.05) is 6.61 Å². The second-order valence-electron chi connectivity index (χ2n) is 9.02. The molecule has 5 nitrogen and oxygen atoms in total. The average molecular weight is 468 g/mol. The first-order valence-electron chi connectivity index (χ1n) is 12.1. The topological polar surface area (TPSA) is 63.1 Å². The summed E-state index contributed by atoms with van der Waals surface area (Å²) >= 11 is 5.61. The third kappa shape index (κ3) is 5.85. The first-order chi connectivity index (χ1) is 15.9. The van der Waals surface area contributed by atoms with Gasteiger partial charge < -0.3 is 9.84 Å². The van der Waals surface area contributed by atoms with E-state index < -0.39 is 0 Å². The quantitative estimate of drug-likeness (QED) is 0.225. The molecule has 0 unspecified atom stereocenters. The number of aromatic amines is 1. The van der Waals surface area contributed by atoms with Gasteiger partial charge in [0.2, 0.25) is 0 Å². The summed E-state index contributed by atoms with van der Waals surface area (Å²) in [5, 5.41) is 18.2. The van der Waals surface area contributed by atoms with Crippen LogP contribution in [0.2, 0.25) is 0 Å². The van der Waals surface area contributed by atoms with Gasteiger partial charge in [-0.3, -0.25) is 9.67 Å². The molecule has 0 amide bonds. The third-order valence-electron chi connectivity index (χ3n) is 6.03. The van der Waals surface area contributed by atoms with Crippen molar-refractivity contribution in [2.45, 2.75) is 79.1 Å². The largest absolute Gasteiger partial charge is 0.507 e. The molecule has 2 N–H and O–H groups in total. The molecule has 33 heavy (non-hydrogen) atoms. The van der Waals surface area contributed by atoms with Gasteiger partial charge in [-0.15, -0.1) is 0 Å². The van der Waals surface area contributed by atoms with Crippen LogP contribution in [0.25, 0.3) is 17.1 Å². The summed E-state index contributed by atoms with van der Waals surface area (Å²) in [7, 11) is 0. The summed E-state index contributed by atoms with van der Waals surface area (Å²) in [5.41, 5.74) is 5.03. The van der Waals surface area contributed by atoms with Crippen LogP contribution in [0.5, 0.6) is 11.5 Å². The molecule has 178 valence electrons. The van der Waals surface area contributed by atoms with Gasteiger partial charge in [0.05, 0.1) is 17.9 Å². The van der Waals surface area contributed by atoms with E-state index in [-0.39, 0.29) is 5.75 Å². The van der Waals surface area contributed by atoms with E-state index in [0.29, 0.717) is 22.1 Å². The van der Waals surface area contributed by atoms with E-state index in [1.807, 2.05) is 35.8 Å². The zero-order chi connectivity index (χ0) is 24.0. The van der Waals surface area contributed by atoms with E-state index in [0.717, 1.165) is 49.3 Å². The van der Waals surface area contributed by atoms with Gasteiger partial charge >= 0.3 is 0 Å². The molecule has 3 aromatic rings. The fourth-order valence-electron chi connectivity index (χ4n) is 4.16. The third-order valence-corrected chi connectivity index (χ3v) is 6.30. The van der Waals surface area contributed by atoms with Gasteiger partial charge in [0.1, 0.15) is 11.5 Å². The van der Waals surface area contributed by atoms with Crippen LogP contribution in [0.15, 0.2) is 30.3 Å². The lowest BCUT2D eigenvalue weighted by Crippen LogP contribution is -2.04. The van der Waals surface area contributed by atoms with Crippen LogP contribution in [0.4, 0.5) is 0 Å². The number of phenols is 1. The Balaban J connectivity index is 2.07. The molecule has 0 saturated heterocycles. The van der Waals surface area contributed by atoms with Crippen LogP contribution in [-0.4, -0.2) is 26.5 Å². The van der Waals surface area contributed by atoms with Crippen LogP contribution in [-0.2, 0) is 6.42 Å². The molecule has 0 aliphatic heterocycles. The number of phenolic OH excluding ortho intramolecular Hbond substituents is 1. The van der Waals surface area contributed by atoms with Crippen LogP contribution >= 0.6 is 12.2 Å². The van der Waals surface area contributed by atoms with Crippen LogP contribution in [0.1, 0.15) is 82.4 Å². The Hall–Kier alpha value is -2.60. The van der Waals surface area contributed by atoms with Gasteiger partial charge in [-0.25, -0.2) is 0 Å². The minimum Gasteiger partial charge on any atom is -0.507 e. The molecule has 0 spiro atoms. The lowest BCUT2D eigenvalue weighted by molar-refractivity contribution is 0.306. The number of rotatable bonds is 11. The van der Waals surface area contributed by atoms with Crippen molar-refractivity contribution < 1.29 is 9.84 Å². The Morgan fingerprint density at radius 2 is 1.85 bits per heavy atom. The molecule has 0 bridgehead atoms. The molecular formula is C27H37N3O2S. The van der Waals surface area contributed by atoms with E-state index in [2.05, 4.69) is 44.0 Å². The molecule has 1 heterocycles. The zero-order valence-electron chi connectivity index (χ0n) is 20.6. The number of aromatic hydroxyl groups is 1. The summed E-state index contributed by atoms with van der Waals surface area (Å²) < 4.78 is 8.50. The summed E-state index contributed by atoms with van der Waals surface area (Å²) in [4.78, 5) is 0. The Kier molecular flexibility index (Phi) is 8.73. The van der Waals surface area contributed by atoms with Gasteiger partial charge in [0.25, 0.3) is 0 Å². The van der Waals surface area contributed by atoms with Crippen molar-refractivity contribution in [1.82, 2.24) is 14.8 Å². The van der Waals surface area contributed by atoms with Crippen molar-refractivity contribution >= 4 is 12.2 Å². The fraction of sp³-hybridized carbons (Fsp3) is 0.481. The first-order valence-corrected chi connectivity index (χ1v) is 12.6. The molecule has 0 radical (unpaired) electrons. The normalized spacial score (nSPS) is 11.3. The van der Waals surface area contributed by atoms with Gasteiger partial charge in [-0.05, 0) is 91.3 Å². The maximum Gasteiger partial charge on any atom is 0.200 e. The number of nitrogens with one attached hydrogen (secondary N) is 1. The molecule has 2 aromatic carbocycles. The van der Waals surface area contributed by atoms with Gasteiger partial charge in [-0.1, -0.05) is 47.0 Å². The number of nitrogens with zero attached hydrogens (tertiary/aromatic N) is 2. The van der Waals surface area contributed by atoms with Crippen molar-refractivity contribution in [3.63, 3.8) is 0 Å². The molecule has 0 fully saturated rings. The smallest absolute Gasteiger partial charge is 0.200 e. The first kappa shape index (κ1) is 25.0. The van der Waals surface area contributed by atoms with Gasteiger partial charge in [0.15, 0.2) is 10.6 Å². The van der Waals surface area contributed by atoms with E-state index in [1.165, 1.54) is 24.0 Å². The molecule has 0 atom stereocenters. The summed E-state index contributed by atoms with van der Waals surface area (Å²) in [5.74, 6) is 2.10. The Morgan fingerprint density at radius 1 is 1.09 bits per heavy atom. The molecule has 3 rings (SSSR count). The average Bonchev–Trinajstić information content (AvgIpc) is 3.15. The van der Waals surface area contributed by atoms with Crippen LogP contribution < -0.4 is 4.74 Å². The summed E-state index contributed by atoms with van der Waals surface area (Å²) in [6.07, 6.45) is 6.58. The van der Waals surface area contributed by atoms with Crippen molar-refractivity contribution in [1.29, 1.82) is 0 Å². The lowest BCUT2D eigenvalue weighted by atomic mass is 9.95. The Labute approximate surface area is 202 Å².